The molecule has 0 radical (unpaired) electrons. The maximum absolute atomic E-state index is 13.3. The van der Waals surface area contributed by atoms with Gasteiger partial charge < -0.3 is 15.3 Å². The molecule has 1 rings (SSSR count). The molecule has 1 aromatic carbocycles. The van der Waals surface area contributed by atoms with E-state index in [1.807, 2.05) is 6.07 Å². The van der Waals surface area contributed by atoms with E-state index < -0.39 is 6.10 Å². The maximum Gasteiger partial charge on any atom is 0.128 e. The molecule has 0 aliphatic heterocycles. The van der Waals surface area contributed by atoms with E-state index in [0.717, 1.165) is 13.1 Å². The zero-order valence-electron chi connectivity index (χ0n) is 11.4. The topological polar surface area (TPSA) is 35.5 Å². The molecule has 0 fully saturated rings. The van der Waals surface area contributed by atoms with Gasteiger partial charge in [0.1, 0.15) is 5.82 Å². The number of benzene rings is 1. The summed E-state index contributed by atoms with van der Waals surface area (Å²) >= 11 is 0. The molecular weight excluding hydrogens is 231 g/mol. The van der Waals surface area contributed by atoms with Crippen LogP contribution in [0.4, 0.5) is 10.1 Å². The molecule has 0 amide bonds. The minimum Gasteiger partial charge on any atom is -0.390 e. The Balaban J connectivity index is 2.42. The molecule has 0 spiro atoms. The summed E-state index contributed by atoms with van der Waals surface area (Å²) in [5.41, 5.74) is 1.33. The van der Waals surface area contributed by atoms with Gasteiger partial charge in [-0.25, -0.2) is 4.39 Å². The van der Waals surface area contributed by atoms with Gasteiger partial charge in [-0.15, -0.1) is 0 Å². The standard InChI is InChI=1S/C14H23FN2O/c1-4-17(5-2)10-13(18)9-16-12-7-6-11(3)14(15)8-12/h6-8,13,16,18H,4-5,9-10H2,1-3H3. The van der Waals surface area contributed by atoms with Crippen molar-refractivity contribution < 1.29 is 9.50 Å². The van der Waals surface area contributed by atoms with E-state index in [2.05, 4.69) is 24.1 Å². The lowest BCUT2D eigenvalue weighted by molar-refractivity contribution is 0.128. The Labute approximate surface area is 109 Å². The van der Waals surface area contributed by atoms with Crippen LogP contribution in [0.2, 0.25) is 0 Å². The van der Waals surface area contributed by atoms with Crippen LogP contribution < -0.4 is 5.32 Å². The van der Waals surface area contributed by atoms with Crippen molar-refractivity contribution in [2.75, 3.05) is 31.5 Å². The Kier molecular flexibility index (Phi) is 6.09. The van der Waals surface area contributed by atoms with Crippen LogP contribution in [0.25, 0.3) is 0 Å². The van der Waals surface area contributed by atoms with E-state index in [0.29, 0.717) is 24.3 Å². The molecule has 0 aromatic heterocycles. The fourth-order valence-electron chi connectivity index (χ4n) is 1.78. The molecule has 0 saturated carbocycles. The minimum absolute atomic E-state index is 0.224. The molecule has 0 saturated heterocycles. The van der Waals surface area contributed by atoms with Gasteiger partial charge in [0.05, 0.1) is 6.10 Å². The van der Waals surface area contributed by atoms with Gasteiger partial charge in [0.15, 0.2) is 0 Å². The fraction of sp³-hybridized carbons (Fsp3) is 0.571. The largest absolute Gasteiger partial charge is 0.390 e. The monoisotopic (exact) mass is 254 g/mol. The smallest absolute Gasteiger partial charge is 0.128 e. The van der Waals surface area contributed by atoms with Gasteiger partial charge in [-0.05, 0) is 37.7 Å². The maximum atomic E-state index is 13.3. The van der Waals surface area contributed by atoms with Crippen molar-refractivity contribution in [3.8, 4) is 0 Å². The predicted molar refractivity (Wildman–Crippen MR) is 73.4 cm³/mol. The Morgan fingerprint density at radius 1 is 1.33 bits per heavy atom. The van der Waals surface area contributed by atoms with Crippen molar-refractivity contribution in [1.29, 1.82) is 0 Å². The molecule has 2 N–H and O–H groups in total. The van der Waals surface area contributed by atoms with Crippen molar-refractivity contribution in [2.45, 2.75) is 26.9 Å². The lowest BCUT2D eigenvalue weighted by Gasteiger charge is -2.22. The summed E-state index contributed by atoms with van der Waals surface area (Å²) < 4.78 is 13.3. The summed E-state index contributed by atoms with van der Waals surface area (Å²) in [4.78, 5) is 2.15. The highest BCUT2D eigenvalue weighted by molar-refractivity contribution is 5.45. The van der Waals surface area contributed by atoms with Gasteiger partial charge in [-0.2, -0.15) is 0 Å². The van der Waals surface area contributed by atoms with Gasteiger partial charge in [-0.1, -0.05) is 19.9 Å². The summed E-state index contributed by atoms with van der Waals surface area (Å²) in [7, 11) is 0. The molecule has 0 aliphatic carbocycles. The van der Waals surface area contributed by atoms with Crippen LogP contribution >= 0.6 is 0 Å². The Morgan fingerprint density at radius 2 is 2.00 bits per heavy atom. The van der Waals surface area contributed by atoms with Crippen molar-refractivity contribution in [3.05, 3.63) is 29.6 Å². The number of rotatable bonds is 7. The third kappa shape index (κ3) is 4.63. The minimum atomic E-state index is -0.450. The first-order chi connectivity index (χ1) is 8.56. The summed E-state index contributed by atoms with van der Waals surface area (Å²) in [5.74, 6) is -0.224. The Morgan fingerprint density at radius 3 is 2.56 bits per heavy atom. The van der Waals surface area contributed by atoms with Crippen LogP contribution in [-0.2, 0) is 0 Å². The van der Waals surface area contributed by atoms with Gasteiger partial charge in [0, 0.05) is 18.8 Å². The first-order valence-corrected chi connectivity index (χ1v) is 6.47. The van der Waals surface area contributed by atoms with Crippen molar-refractivity contribution in [1.82, 2.24) is 4.90 Å². The number of hydrogen-bond donors (Lipinski definition) is 2. The number of aliphatic hydroxyl groups is 1. The second kappa shape index (κ2) is 7.34. The first-order valence-electron chi connectivity index (χ1n) is 6.47. The Bertz CT molecular complexity index is 367. The molecular formula is C14H23FN2O. The molecule has 4 heteroatoms. The summed E-state index contributed by atoms with van der Waals surface area (Å²) in [6.07, 6.45) is -0.450. The van der Waals surface area contributed by atoms with E-state index in [1.54, 1.807) is 13.0 Å². The number of halogens is 1. The lowest BCUT2D eigenvalue weighted by atomic mass is 10.2. The molecule has 3 nitrogen and oxygen atoms in total. The summed E-state index contributed by atoms with van der Waals surface area (Å²) in [6, 6.07) is 5.01. The number of nitrogens with zero attached hydrogens (tertiary/aromatic N) is 1. The highest BCUT2D eigenvalue weighted by Crippen LogP contribution is 2.13. The molecule has 1 unspecified atom stereocenters. The van der Waals surface area contributed by atoms with Crippen LogP contribution in [0, 0.1) is 12.7 Å². The van der Waals surface area contributed by atoms with Crippen molar-refractivity contribution in [3.63, 3.8) is 0 Å². The molecule has 1 aromatic rings. The van der Waals surface area contributed by atoms with E-state index in [1.165, 1.54) is 6.07 Å². The van der Waals surface area contributed by atoms with Crippen molar-refractivity contribution >= 4 is 5.69 Å². The van der Waals surface area contributed by atoms with Gasteiger partial charge in [-0.3, -0.25) is 0 Å². The second-order valence-electron chi connectivity index (χ2n) is 4.48. The van der Waals surface area contributed by atoms with Crippen LogP contribution in [0.3, 0.4) is 0 Å². The average molecular weight is 254 g/mol. The second-order valence-corrected chi connectivity index (χ2v) is 4.48. The van der Waals surface area contributed by atoms with Crippen molar-refractivity contribution in [2.24, 2.45) is 0 Å². The molecule has 18 heavy (non-hydrogen) atoms. The number of hydrogen-bond acceptors (Lipinski definition) is 3. The number of aryl methyl sites for hydroxylation is 1. The van der Waals surface area contributed by atoms with Gasteiger partial charge >= 0.3 is 0 Å². The SMILES string of the molecule is CCN(CC)CC(O)CNc1ccc(C)c(F)c1. The number of nitrogens with one attached hydrogen (secondary N) is 1. The zero-order chi connectivity index (χ0) is 13.5. The number of aliphatic hydroxyl groups excluding tert-OH is 1. The van der Waals surface area contributed by atoms with Gasteiger partial charge in [0.25, 0.3) is 0 Å². The molecule has 102 valence electrons. The normalized spacial score (nSPS) is 12.8. The zero-order valence-corrected chi connectivity index (χ0v) is 11.4. The number of anilines is 1. The summed E-state index contributed by atoms with van der Waals surface area (Å²) in [6.45, 7) is 8.78. The third-order valence-corrected chi connectivity index (χ3v) is 3.08. The van der Waals surface area contributed by atoms with E-state index >= 15 is 0 Å². The highest BCUT2D eigenvalue weighted by Gasteiger charge is 2.08. The molecule has 0 aliphatic rings. The molecule has 0 bridgehead atoms. The number of likely N-dealkylation sites (N-methyl/N-ethyl adjacent to an activating group) is 1. The van der Waals surface area contributed by atoms with Crippen LogP contribution in [0.5, 0.6) is 0 Å². The predicted octanol–water partition coefficient (Wildman–Crippen LogP) is 2.25. The van der Waals surface area contributed by atoms with Crippen LogP contribution in [0.1, 0.15) is 19.4 Å². The van der Waals surface area contributed by atoms with E-state index in [9.17, 15) is 9.50 Å². The third-order valence-electron chi connectivity index (χ3n) is 3.08. The first kappa shape index (κ1) is 14.9. The highest BCUT2D eigenvalue weighted by atomic mass is 19.1. The molecule has 1 atom stereocenters. The van der Waals surface area contributed by atoms with Crippen LogP contribution in [-0.4, -0.2) is 42.3 Å². The average Bonchev–Trinajstić information content (AvgIpc) is 2.37. The van der Waals surface area contributed by atoms with E-state index in [4.69, 9.17) is 0 Å². The van der Waals surface area contributed by atoms with E-state index in [-0.39, 0.29) is 5.82 Å². The van der Waals surface area contributed by atoms with Gasteiger partial charge in [0.2, 0.25) is 0 Å². The lowest BCUT2D eigenvalue weighted by Crippen LogP contribution is -2.35. The summed E-state index contributed by atoms with van der Waals surface area (Å²) in [5, 5.41) is 12.9. The molecule has 0 heterocycles. The quantitative estimate of drug-likeness (QED) is 0.783. The fourth-order valence-corrected chi connectivity index (χ4v) is 1.78. The van der Waals surface area contributed by atoms with Crippen LogP contribution in [0.15, 0.2) is 18.2 Å². The Hall–Kier alpha value is -1.13.